The lowest BCUT2D eigenvalue weighted by molar-refractivity contribution is -0.137. The quantitative estimate of drug-likeness (QED) is 0.379. The van der Waals surface area contributed by atoms with Crippen molar-refractivity contribution in [3.63, 3.8) is 0 Å². The van der Waals surface area contributed by atoms with E-state index in [-0.39, 0.29) is 12.0 Å². The van der Waals surface area contributed by atoms with Gasteiger partial charge in [0.15, 0.2) is 0 Å². The fourth-order valence-electron chi connectivity index (χ4n) is 4.25. The van der Waals surface area contributed by atoms with Crippen molar-refractivity contribution in [1.29, 1.82) is 0 Å². The molecule has 0 saturated carbocycles. The summed E-state index contributed by atoms with van der Waals surface area (Å²) >= 11 is 0. The molecule has 0 spiro atoms. The number of hydrogen-bond acceptors (Lipinski definition) is 5. The van der Waals surface area contributed by atoms with Crippen molar-refractivity contribution in [2.75, 3.05) is 27.8 Å². The van der Waals surface area contributed by atoms with Gasteiger partial charge in [0, 0.05) is 30.7 Å². The summed E-state index contributed by atoms with van der Waals surface area (Å²) in [6.07, 6.45) is -4.24. The molecule has 7 nitrogen and oxygen atoms in total. The van der Waals surface area contributed by atoms with Crippen LogP contribution in [0.3, 0.4) is 0 Å². The standard InChI is InChI=1S/C28H25F4N3O4/c1-34(27(37)18-4-8-19(9-5-18)28(30,31)32)16-26(36)35-24(17-6-10-20(29)11-7-17)15-23(33-35)22-13-12-21(38-2)14-25(22)39-3/h4-14,24H,15-16H2,1-3H3. The number of carbonyl (C=O) groups excluding carboxylic acids is 2. The van der Waals surface area contributed by atoms with Gasteiger partial charge >= 0.3 is 6.18 Å². The van der Waals surface area contributed by atoms with E-state index in [4.69, 9.17) is 9.47 Å². The van der Waals surface area contributed by atoms with Gasteiger partial charge in [0.05, 0.1) is 31.5 Å². The van der Waals surface area contributed by atoms with Gasteiger partial charge in [-0.1, -0.05) is 12.1 Å². The lowest BCUT2D eigenvalue weighted by atomic mass is 9.97. The second-order valence-electron chi connectivity index (χ2n) is 8.86. The van der Waals surface area contributed by atoms with Crippen molar-refractivity contribution < 1.29 is 36.6 Å². The Bertz CT molecular complexity index is 1390. The number of halogens is 4. The Labute approximate surface area is 222 Å². The van der Waals surface area contributed by atoms with Crippen LogP contribution in [-0.4, -0.2) is 55.2 Å². The molecule has 3 aromatic carbocycles. The molecule has 0 saturated heterocycles. The average Bonchev–Trinajstić information content (AvgIpc) is 3.37. The van der Waals surface area contributed by atoms with Crippen LogP contribution in [0.2, 0.25) is 0 Å². The van der Waals surface area contributed by atoms with E-state index < -0.39 is 42.0 Å². The first-order chi connectivity index (χ1) is 18.5. The summed E-state index contributed by atoms with van der Waals surface area (Å²) in [6.45, 7) is -0.395. The Morgan fingerprint density at radius 2 is 1.67 bits per heavy atom. The number of nitrogens with zero attached hydrogens (tertiary/aromatic N) is 3. The Balaban J connectivity index is 1.60. The lowest BCUT2D eigenvalue weighted by Gasteiger charge is -2.25. The number of methoxy groups -OCH3 is 2. The molecule has 1 aliphatic heterocycles. The van der Waals surface area contributed by atoms with E-state index in [9.17, 15) is 27.2 Å². The second kappa shape index (κ2) is 11.1. The Kier molecular flexibility index (Phi) is 7.89. The van der Waals surface area contributed by atoms with Gasteiger partial charge in [-0.3, -0.25) is 9.59 Å². The number of benzene rings is 3. The monoisotopic (exact) mass is 543 g/mol. The third-order valence-corrected chi connectivity index (χ3v) is 6.32. The molecule has 0 aliphatic carbocycles. The summed E-state index contributed by atoms with van der Waals surface area (Å²) < 4.78 is 63.0. The van der Waals surface area contributed by atoms with Gasteiger partial charge in [-0.25, -0.2) is 9.40 Å². The van der Waals surface area contributed by atoms with Crippen molar-refractivity contribution in [2.24, 2.45) is 5.10 Å². The molecule has 0 N–H and O–H groups in total. The van der Waals surface area contributed by atoms with Crippen LogP contribution in [0, 0.1) is 5.82 Å². The average molecular weight is 544 g/mol. The summed E-state index contributed by atoms with van der Waals surface area (Å²) in [5.74, 6) is -0.546. The van der Waals surface area contributed by atoms with Crippen LogP contribution in [-0.2, 0) is 11.0 Å². The smallest absolute Gasteiger partial charge is 0.416 e. The minimum Gasteiger partial charge on any atom is -0.497 e. The predicted molar refractivity (Wildman–Crippen MR) is 135 cm³/mol. The zero-order valence-corrected chi connectivity index (χ0v) is 21.3. The van der Waals surface area contributed by atoms with Crippen molar-refractivity contribution >= 4 is 17.5 Å². The molecule has 0 radical (unpaired) electrons. The van der Waals surface area contributed by atoms with E-state index in [0.29, 0.717) is 28.3 Å². The Morgan fingerprint density at radius 3 is 2.26 bits per heavy atom. The first-order valence-electron chi connectivity index (χ1n) is 11.8. The summed E-state index contributed by atoms with van der Waals surface area (Å²) in [6, 6.07) is 14.0. The first kappa shape index (κ1) is 27.6. The minimum atomic E-state index is -4.53. The van der Waals surface area contributed by atoms with Gasteiger partial charge in [0.2, 0.25) is 0 Å². The molecule has 0 fully saturated rings. The number of alkyl halides is 3. The van der Waals surface area contributed by atoms with E-state index in [1.165, 1.54) is 38.4 Å². The van der Waals surface area contributed by atoms with Crippen molar-refractivity contribution in [2.45, 2.75) is 18.6 Å². The van der Waals surface area contributed by atoms with Gasteiger partial charge in [0.1, 0.15) is 23.9 Å². The summed E-state index contributed by atoms with van der Waals surface area (Å²) in [5, 5.41) is 5.79. The van der Waals surface area contributed by atoms with E-state index in [1.54, 1.807) is 30.3 Å². The molecule has 11 heteroatoms. The first-order valence-corrected chi connectivity index (χ1v) is 11.8. The van der Waals surface area contributed by atoms with Gasteiger partial charge < -0.3 is 14.4 Å². The maximum Gasteiger partial charge on any atom is 0.416 e. The Morgan fingerprint density at radius 1 is 1.00 bits per heavy atom. The highest BCUT2D eigenvalue weighted by Crippen LogP contribution is 2.36. The third kappa shape index (κ3) is 6.02. The molecule has 0 bridgehead atoms. The molecular weight excluding hydrogens is 518 g/mol. The molecule has 0 aromatic heterocycles. The number of rotatable bonds is 7. The number of carbonyl (C=O) groups is 2. The molecule has 204 valence electrons. The molecule has 2 amide bonds. The zero-order chi connectivity index (χ0) is 28.3. The topological polar surface area (TPSA) is 71.4 Å². The highest BCUT2D eigenvalue weighted by molar-refractivity contribution is 6.05. The maximum atomic E-state index is 13.6. The van der Waals surface area contributed by atoms with Crippen LogP contribution < -0.4 is 9.47 Å². The van der Waals surface area contributed by atoms with Gasteiger partial charge in [-0.2, -0.15) is 18.3 Å². The van der Waals surface area contributed by atoms with E-state index in [1.807, 2.05) is 0 Å². The predicted octanol–water partition coefficient (Wildman–Crippen LogP) is 5.31. The summed E-state index contributed by atoms with van der Waals surface area (Å²) in [5.41, 5.74) is 0.922. The molecular formula is C28H25F4N3O4. The highest BCUT2D eigenvalue weighted by atomic mass is 19.4. The summed E-state index contributed by atoms with van der Waals surface area (Å²) in [4.78, 5) is 27.4. The highest BCUT2D eigenvalue weighted by Gasteiger charge is 2.35. The van der Waals surface area contributed by atoms with Gasteiger partial charge in [-0.05, 0) is 54.1 Å². The SMILES string of the molecule is COc1ccc(C2=NN(C(=O)CN(C)C(=O)c3ccc(C(F)(F)F)cc3)C(c3ccc(F)cc3)C2)c(OC)c1. The fraction of sp³-hybridized carbons (Fsp3) is 0.250. The lowest BCUT2D eigenvalue weighted by Crippen LogP contribution is -2.39. The van der Waals surface area contributed by atoms with E-state index >= 15 is 0 Å². The largest absolute Gasteiger partial charge is 0.497 e. The molecule has 1 heterocycles. The van der Waals surface area contributed by atoms with E-state index in [0.717, 1.165) is 29.2 Å². The number of ether oxygens (including phenoxy) is 2. The Hall–Kier alpha value is -4.41. The van der Waals surface area contributed by atoms with Crippen LogP contribution in [0.15, 0.2) is 71.8 Å². The third-order valence-electron chi connectivity index (χ3n) is 6.32. The van der Waals surface area contributed by atoms with Crippen LogP contribution in [0.25, 0.3) is 0 Å². The number of likely N-dealkylation sites (N-methyl/N-ethyl adjacent to an activating group) is 1. The fourth-order valence-corrected chi connectivity index (χ4v) is 4.25. The van der Waals surface area contributed by atoms with Crippen LogP contribution in [0.4, 0.5) is 17.6 Å². The van der Waals surface area contributed by atoms with Crippen molar-refractivity contribution in [3.05, 3.63) is 94.8 Å². The van der Waals surface area contributed by atoms with Crippen LogP contribution in [0.1, 0.15) is 39.5 Å². The normalized spacial score (nSPS) is 15.1. The van der Waals surface area contributed by atoms with Gasteiger partial charge in [0.25, 0.3) is 11.8 Å². The van der Waals surface area contributed by atoms with Crippen LogP contribution >= 0.6 is 0 Å². The van der Waals surface area contributed by atoms with Gasteiger partial charge in [-0.15, -0.1) is 0 Å². The summed E-state index contributed by atoms with van der Waals surface area (Å²) in [7, 11) is 4.39. The molecule has 1 atom stereocenters. The minimum absolute atomic E-state index is 0.00182. The number of amides is 2. The molecule has 39 heavy (non-hydrogen) atoms. The molecule has 1 aliphatic rings. The molecule has 4 rings (SSSR count). The zero-order valence-electron chi connectivity index (χ0n) is 21.3. The number of hydrogen-bond donors (Lipinski definition) is 0. The number of hydrazone groups is 1. The second-order valence-corrected chi connectivity index (χ2v) is 8.86. The molecule has 1 unspecified atom stereocenters. The molecule has 3 aromatic rings. The maximum absolute atomic E-state index is 13.6. The van der Waals surface area contributed by atoms with E-state index in [2.05, 4.69) is 5.10 Å². The van der Waals surface area contributed by atoms with Crippen molar-refractivity contribution in [1.82, 2.24) is 9.91 Å². The van der Waals surface area contributed by atoms with Crippen LogP contribution in [0.5, 0.6) is 11.5 Å². The van der Waals surface area contributed by atoms with Crippen molar-refractivity contribution in [3.8, 4) is 11.5 Å².